The highest BCUT2D eigenvalue weighted by atomic mass is 32.2. The number of aromatic amines is 1. The van der Waals surface area contributed by atoms with E-state index in [0.29, 0.717) is 6.54 Å². The number of hydrogen-bond acceptors (Lipinski definition) is 5. The molecule has 7 heteroatoms. The van der Waals surface area contributed by atoms with E-state index in [1.807, 2.05) is 24.0 Å². The van der Waals surface area contributed by atoms with Gasteiger partial charge in [-0.05, 0) is 37.7 Å². The number of aromatic nitrogens is 3. The third kappa shape index (κ3) is 3.35. The van der Waals surface area contributed by atoms with Crippen LogP contribution in [-0.2, 0) is 0 Å². The molecule has 2 aromatic rings. The van der Waals surface area contributed by atoms with Crippen LogP contribution in [0.1, 0.15) is 47.0 Å². The molecule has 1 aliphatic rings. The van der Waals surface area contributed by atoms with E-state index in [4.69, 9.17) is 0 Å². The molecule has 0 radical (unpaired) electrons. The average molecular weight is 336 g/mol. The van der Waals surface area contributed by atoms with Gasteiger partial charge in [-0.1, -0.05) is 6.92 Å². The lowest BCUT2D eigenvalue weighted by molar-refractivity contribution is 0.0709. The van der Waals surface area contributed by atoms with Gasteiger partial charge in [-0.3, -0.25) is 9.89 Å². The summed E-state index contributed by atoms with van der Waals surface area (Å²) in [6.45, 7) is 5.57. The number of nitrogens with one attached hydrogen (secondary N) is 1. The van der Waals surface area contributed by atoms with Crippen molar-refractivity contribution in [1.82, 2.24) is 20.1 Å². The summed E-state index contributed by atoms with van der Waals surface area (Å²) in [6, 6.07) is 4.00. The smallest absolute Gasteiger partial charge is 0.263 e. The number of aryl methyl sites for hydroxylation is 1. The fourth-order valence-corrected chi connectivity index (χ4v) is 4.74. The minimum atomic E-state index is 0.143. The summed E-state index contributed by atoms with van der Waals surface area (Å²) >= 11 is 3.38. The maximum atomic E-state index is 12.7. The summed E-state index contributed by atoms with van der Waals surface area (Å²) < 4.78 is 1.21. The first kappa shape index (κ1) is 15.6. The van der Waals surface area contributed by atoms with Gasteiger partial charge in [-0.15, -0.1) is 23.1 Å². The number of amides is 1. The molecule has 1 atom stereocenters. The lowest BCUT2D eigenvalue weighted by atomic mass is 9.97. The Bertz CT molecular complexity index is 652. The number of thiophene rings is 1. The van der Waals surface area contributed by atoms with Crippen molar-refractivity contribution in [3.63, 3.8) is 0 Å². The predicted molar refractivity (Wildman–Crippen MR) is 89.7 cm³/mol. The quantitative estimate of drug-likeness (QED) is 0.870. The van der Waals surface area contributed by atoms with Crippen molar-refractivity contribution in [3.8, 4) is 0 Å². The zero-order chi connectivity index (χ0) is 15.5. The maximum absolute atomic E-state index is 12.7. The van der Waals surface area contributed by atoms with Gasteiger partial charge in [0.2, 0.25) is 0 Å². The van der Waals surface area contributed by atoms with Crippen LogP contribution in [0, 0.1) is 6.92 Å². The number of carbonyl (C=O) groups is 1. The second kappa shape index (κ2) is 6.83. The molecule has 1 fully saturated rings. The van der Waals surface area contributed by atoms with E-state index in [1.54, 1.807) is 23.1 Å². The first-order valence-electron chi connectivity index (χ1n) is 7.58. The highest BCUT2D eigenvalue weighted by Gasteiger charge is 2.28. The summed E-state index contributed by atoms with van der Waals surface area (Å²) in [5, 5.41) is 7.15. The van der Waals surface area contributed by atoms with Crippen molar-refractivity contribution in [2.75, 3.05) is 18.8 Å². The summed E-state index contributed by atoms with van der Waals surface area (Å²) in [6.07, 6.45) is 2.05. The van der Waals surface area contributed by atoms with Crippen molar-refractivity contribution in [3.05, 3.63) is 28.7 Å². The number of rotatable bonds is 4. The molecule has 2 aromatic heterocycles. The number of hydrogen-bond donors (Lipinski definition) is 1. The zero-order valence-corrected chi connectivity index (χ0v) is 14.5. The number of piperidine rings is 1. The number of likely N-dealkylation sites (tertiary alicyclic amines) is 1. The van der Waals surface area contributed by atoms with Gasteiger partial charge in [0.15, 0.2) is 5.82 Å². The van der Waals surface area contributed by atoms with Gasteiger partial charge in [0, 0.05) is 19.0 Å². The van der Waals surface area contributed by atoms with Crippen LogP contribution in [0.4, 0.5) is 0 Å². The van der Waals surface area contributed by atoms with Gasteiger partial charge < -0.3 is 4.90 Å². The molecule has 0 aromatic carbocycles. The Kier molecular flexibility index (Phi) is 4.83. The number of thioether (sulfide) groups is 1. The van der Waals surface area contributed by atoms with Gasteiger partial charge in [0.1, 0.15) is 5.82 Å². The van der Waals surface area contributed by atoms with E-state index in [9.17, 15) is 4.79 Å². The fraction of sp³-hybridized carbons (Fsp3) is 0.533. The minimum absolute atomic E-state index is 0.143. The molecule has 5 nitrogen and oxygen atoms in total. The van der Waals surface area contributed by atoms with Crippen LogP contribution in [0.3, 0.4) is 0 Å². The number of nitrogens with zero attached hydrogens (tertiary/aromatic N) is 3. The summed E-state index contributed by atoms with van der Waals surface area (Å²) in [7, 11) is 0. The molecule has 3 rings (SSSR count). The van der Waals surface area contributed by atoms with Crippen LogP contribution in [-0.4, -0.2) is 44.8 Å². The standard InChI is InChI=1S/C15H20N4OS2/c1-3-21-13-7-6-12(22-13)15(20)19-8-4-5-11(9-19)14-16-10(2)17-18-14/h6-7,11H,3-5,8-9H2,1-2H3,(H,16,17,18)/t11-/m0/s1. The Labute approximate surface area is 138 Å². The average Bonchev–Trinajstić information content (AvgIpc) is 3.16. The molecule has 0 saturated carbocycles. The molecule has 0 bridgehead atoms. The number of carbonyl (C=O) groups excluding carboxylic acids is 1. The van der Waals surface area contributed by atoms with E-state index in [1.165, 1.54) is 4.21 Å². The Morgan fingerprint density at radius 2 is 2.41 bits per heavy atom. The van der Waals surface area contributed by atoms with Gasteiger partial charge in [-0.25, -0.2) is 4.98 Å². The molecular weight excluding hydrogens is 316 g/mol. The van der Waals surface area contributed by atoms with E-state index in [-0.39, 0.29) is 11.8 Å². The molecule has 1 amide bonds. The fourth-order valence-electron chi connectivity index (χ4n) is 2.73. The summed E-state index contributed by atoms with van der Waals surface area (Å²) in [5.74, 6) is 3.09. The van der Waals surface area contributed by atoms with Gasteiger partial charge in [-0.2, -0.15) is 5.10 Å². The highest BCUT2D eigenvalue weighted by molar-refractivity contribution is 8.01. The molecular formula is C15H20N4OS2. The first-order chi connectivity index (χ1) is 10.7. The molecule has 3 heterocycles. The third-order valence-corrected chi connectivity index (χ3v) is 5.95. The first-order valence-corrected chi connectivity index (χ1v) is 9.38. The molecule has 1 aliphatic heterocycles. The largest absolute Gasteiger partial charge is 0.337 e. The van der Waals surface area contributed by atoms with Crippen LogP contribution in [0.5, 0.6) is 0 Å². The van der Waals surface area contributed by atoms with Crippen molar-refractivity contribution in [1.29, 1.82) is 0 Å². The zero-order valence-electron chi connectivity index (χ0n) is 12.8. The second-order valence-corrected chi connectivity index (χ2v) is 8.07. The van der Waals surface area contributed by atoms with Crippen molar-refractivity contribution < 1.29 is 4.79 Å². The van der Waals surface area contributed by atoms with Crippen molar-refractivity contribution in [2.24, 2.45) is 0 Å². The highest BCUT2D eigenvalue weighted by Crippen LogP contribution is 2.30. The minimum Gasteiger partial charge on any atom is -0.337 e. The molecule has 118 valence electrons. The van der Waals surface area contributed by atoms with Gasteiger partial charge in [0.05, 0.1) is 9.09 Å². The lowest BCUT2D eigenvalue weighted by Crippen LogP contribution is -2.39. The Balaban J connectivity index is 1.69. The maximum Gasteiger partial charge on any atom is 0.263 e. The topological polar surface area (TPSA) is 61.9 Å². The van der Waals surface area contributed by atoms with Crippen LogP contribution in [0.15, 0.2) is 16.3 Å². The van der Waals surface area contributed by atoms with Crippen LogP contribution < -0.4 is 0 Å². The number of H-pyrrole nitrogens is 1. The van der Waals surface area contributed by atoms with E-state index < -0.39 is 0 Å². The molecule has 22 heavy (non-hydrogen) atoms. The molecule has 1 N–H and O–H groups in total. The van der Waals surface area contributed by atoms with Gasteiger partial charge >= 0.3 is 0 Å². The Hall–Kier alpha value is -1.34. The molecule has 0 spiro atoms. The van der Waals surface area contributed by atoms with Crippen molar-refractivity contribution >= 4 is 29.0 Å². The van der Waals surface area contributed by atoms with Crippen molar-refractivity contribution in [2.45, 2.75) is 36.8 Å². The van der Waals surface area contributed by atoms with Crippen LogP contribution >= 0.6 is 23.1 Å². The summed E-state index contributed by atoms with van der Waals surface area (Å²) in [4.78, 5) is 19.9. The van der Waals surface area contributed by atoms with E-state index in [2.05, 4.69) is 22.1 Å². The van der Waals surface area contributed by atoms with Gasteiger partial charge in [0.25, 0.3) is 5.91 Å². The molecule has 0 unspecified atom stereocenters. The second-order valence-electron chi connectivity index (χ2n) is 5.42. The van der Waals surface area contributed by atoms with E-state index in [0.717, 1.165) is 41.7 Å². The molecule has 0 aliphatic carbocycles. The van der Waals surface area contributed by atoms with E-state index >= 15 is 0 Å². The third-order valence-electron chi connectivity index (χ3n) is 3.77. The summed E-state index contributed by atoms with van der Waals surface area (Å²) in [5.41, 5.74) is 0. The predicted octanol–water partition coefficient (Wildman–Crippen LogP) is 3.31. The monoisotopic (exact) mass is 336 g/mol. The SMILES string of the molecule is CCSc1ccc(C(=O)N2CCC[C@H](c3n[nH]c(C)n3)C2)s1. The Morgan fingerprint density at radius 1 is 1.55 bits per heavy atom. The van der Waals surface area contributed by atoms with Crippen LogP contribution in [0.2, 0.25) is 0 Å². The molecule has 1 saturated heterocycles. The van der Waals surface area contributed by atoms with Crippen LogP contribution in [0.25, 0.3) is 0 Å². The Morgan fingerprint density at radius 3 is 3.14 bits per heavy atom. The lowest BCUT2D eigenvalue weighted by Gasteiger charge is -2.31. The normalized spacial score (nSPS) is 18.6.